The number of benzene rings is 1. The van der Waals surface area contributed by atoms with Crippen molar-refractivity contribution < 1.29 is 13.2 Å². The maximum Gasteiger partial charge on any atom is 0.416 e. The summed E-state index contributed by atoms with van der Waals surface area (Å²) in [5, 5.41) is 4.76. The third kappa shape index (κ3) is 3.66. The SMILES string of the molecule is CN1CCCC(n2ncc3c(=O)[nH]c(Cc4cccc(C(F)(F)F)c4)nc32)C1. The molecule has 1 saturated heterocycles. The number of rotatable bonds is 3. The number of alkyl halides is 3. The molecule has 3 heterocycles. The van der Waals surface area contributed by atoms with Gasteiger partial charge in [-0.1, -0.05) is 18.2 Å². The van der Waals surface area contributed by atoms with Crippen molar-refractivity contribution in [3.8, 4) is 0 Å². The van der Waals surface area contributed by atoms with E-state index in [-0.39, 0.29) is 18.0 Å². The van der Waals surface area contributed by atoms with Gasteiger partial charge in [0.2, 0.25) is 0 Å². The summed E-state index contributed by atoms with van der Waals surface area (Å²) in [5.41, 5.74) is -0.141. The maximum atomic E-state index is 12.9. The molecular weight excluding hydrogens is 371 g/mol. The molecule has 4 rings (SSSR count). The van der Waals surface area contributed by atoms with Crippen molar-refractivity contribution in [2.45, 2.75) is 31.5 Å². The van der Waals surface area contributed by atoms with Crippen LogP contribution in [0.25, 0.3) is 11.0 Å². The number of H-pyrrole nitrogens is 1. The molecule has 2 aromatic heterocycles. The molecule has 1 unspecified atom stereocenters. The average molecular weight is 391 g/mol. The lowest BCUT2D eigenvalue weighted by atomic mass is 10.1. The Balaban J connectivity index is 1.69. The maximum absolute atomic E-state index is 12.9. The van der Waals surface area contributed by atoms with Gasteiger partial charge in [0.1, 0.15) is 11.2 Å². The summed E-state index contributed by atoms with van der Waals surface area (Å²) in [7, 11) is 2.04. The highest BCUT2D eigenvalue weighted by Crippen LogP contribution is 2.30. The predicted octanol–water partition coefficient (Wildman–Crippen LogP) is 3.00. The number of likely N-dealkylation sites (tertiary alicyclic amines) is 1. The largest absolute Gasteiger partial charge is 0.416 e. The molecule has 0 bridgehead atoms. The second kappa shape index (κ2) is 7.05. The van der Waals surface area contributed by atoms with Crippen LogP contribution in [0.1, 0.15) is 35.8 Å². The second-order valence-corrected chi connectivity index (χ2v) is 7.27. The van der Waals surface area contributed by atoms with Crippen LogP contribution in [0.15, 0.2) is 35.3 Å². The van der Waals surface area contributed by atoms with Crippen LogP contribution >= 0.6 is 0 Å². The first-order chi connectivity index (χ1) is 13.3. The molecule has 1 fully saturated rings. The smallest absolute Gasteiger partial charge is 0.310 e. The van der Waals surface area contributed by atoms with Crippen molar-refractivity contribution >= 4 is 11.0 Å². The number of likely N-dealkylation sites (N-methyl/N-ethyl adjacent to an activating group) is 1. The summed E-state index contributed by atoms with van der Waals surface area (Å²) in [6.45, 7) is 1.83. The Bertz CT molecular complexity index is 1060. The molecule has 1 atom stereocenters. The van der Waals surface area contributed by atoms with Crippen LogP contribution in [0.3, 0.4) is 0 Å². The van der Waals surface area contributed by atoms with E-state index in [0.717, 1.165) is 38.1 Å². The topological polar surface area (TPSA) is 66.8 Å². The molecular formula is C19H20F3N5O. The van der Waals surface area contributed by atoms with Crippen molar-refractivity contribution in [1.82, 2.24) is 24.6 Å². The Kier molecular flexibility index (Phi) is 4.70. The number of hydrogen-bond donors (Lipinski definition) is 1. The van der Waals surface area contributed by atoms with Gasteiger partial charge in [0, 0.05) is 13.0 Å². The van der Waals surface area contributed by atoms with E-state index in [0.29, 0.717) is 22.4 Å². The zero-order chi connectivity index (χ0) is 19.9. The quantitative estimate of drug-likeness (QED) is 0.746. The molecule has 9 heteroatoms. The van der Waals surface area contributed by atoms with Gasteiger partial charge in [0.05, 0.1) is 17.8 Å². The van der Waals surface area contributed by atoms with E-state index in [4.69, 9.17) is 0 Å². The third-order valence-corrected chi connectivity index (χ3v) is 5.08. The van der Waals surface area contributed by atoms with Gasteiger partial charge in [-0.15, -0.1) is 0 Å². The zero-order valence-corrected chi connectivity index (χ0v) is 15.3. The van der Waals surface area contributed by atoms with Crippen LogP contribution in [0.2, 0.25) is 0 Å². The van der Waals surface area contributed by atoms with Gasteiger partial charge in [0.25, 0.3) is 5.56 Å². The van der Waals surface area contributed by atoms with E-state index in [2.05, 4.69) is 20.0 Å². The van der Waals surface area contributed by atoms with E-state index in [1.54, 1.807) is 10.7 Å². The summed E-state index contributed by atoms with van der Waals surface area (Å²) >= 11 is 0. The number of hydrogen-bond acceptors (Lipinski definition) is 4. The van der Waals surface area contributed by atoms with E-state index in [1.807, 2.05) is 7.05 Å². The van der Waals surface area contributed by atoms with E-state index < -0.39 is 11.7 Å². The van der Waals surface area contributed by atoms with Crippen LogP contribution in [-0.4, -0.2) is 44.8 Å². The minimum Gasteiger partial charge on any atom is -0.310 e. The number of nitrogens with one attached hydrogen (secondary N) is 1. The van der Waals surface area contributed by atoms with Gasteiger partial charge in [-0.2, -0.15) is 18.3 Å². The standard InChI is InChI=1S/C19H20F3N5O/c1-26-7-3-6-14(11-26)27-17-15(10-23-27)18(28)25-16(24-17)9-12-4-2-5-13(8-12)19(20,21)22/h2,4-5,8,10,14H,3,6-7,9,11H2,1H3,(H,24,25,28). The molecule has 3 aromatic rings. The van der Waals surface area contributed by atoms with Gasteiger partial charge in [-0.05, 0) is 38.1 Å². The highest BCUT2D eigenvalue weighted by Gasteiger charge is 2.30. The Labute approximate surface area is 159 Å². The van der Waals surface area contributed by atoms with Crippen LogP contribution in [0, 0.1) is 0 Å². The lowest BCUT2D eigenvalue weighted by molar-refractivity contribution is -0.137. The van der Waals surface area contributed by atoms with Crippen molar-refractivity contribution in [2.75, 3.05) is 20.1 Å². The summed E-state index contributed by atoms with van der Waals surface area (Å²) in [4.78, 5) is 21.8. The fraction of sp³-hybridized carbons (Fsp3) is 0.421. The van der Waals surface area contributed by atoms with Crippen molar-refractivity contribution in [1.29, 1.82) is 0 Å². The molecule has 1 N–H and O–H groups in total. The first-order valence-electron chi connectivity index (χ1n) is 9.12. The molecule has 28 heavy (non-hydrogen) atoms. The highest BCUT2D eigenvalue weighted by molar-refractivity contribution is 5.73. The molecule has 0 amide bonds. The van der Waals surface area contributed by atoms with E-state index in [9.17, 15) is 18.0 Å². The number of halogens is 3. The normalized spacial score (nSPS) is 18.6. The van der Waals surface area contributed by atoms with Gasteiger partial charge >= 0.3 is 6.18 Å². The molecule has 1 aliphatic heterocycles. The fourth-order valence-electron chi connectivity index (χ4n) is 3.72. The first-order valence-corrected chi connectivity index (χ1v) is 9.12. The van der Waals surface area contributed by atoms with Crippen LogP contribution in [0.5, 0.6) is 0 Å². The van der Waals surface area contributed by atoms with E-state index >= 15 is 0 Å². The Morgan fingerprint density at radius 3 is 2.89 bits per heavy atom. The molecule has 0 radical (unpaired) electrons. The highest BCUT2D eigenvalue weighted by atomic mass is 19.4. The number of aromatic nitrogens is 4. The Morgan fingerprint density at radius 1 is 1.32 bits per heavy atom. The van der Waals surface area contributed by atoms with Crippen LogP contribution < -0.4 is 5.56 Å². The predicted molar refractivity (Wildman–Crippen MR) is 98.2 cm³/mol. The average Bonchev–Trinajstić information content (AvgIpc) is 3.06. The molecule has 148 valence electrons. The minimum absolute atomic E-state index is 0.102. The third-order valence-electron chi connectivity index (χ3n) is 5.08. The fourth-order valence-corrected chi connectivity index (χ4v) is 3.72. The molecule has 0 spiro atoms. The van der Waals surface area contributed by atoms with Gasteiger partial charge < -0.3 is 9.88 Å². The van der Waals surface area contributed by atoms with Gasteiger partial charge in [0.15, 0.2) is 5.65 Å². The molecule has 1 aliphatic rings. The number of aromatic amines is 1. The second-order valence-electron chi connectivity index (χ2n) is 7.27. The lowest BCUT2D eigenvalue weighted by Crippen LogP contribution is -2.34. The van der Waals surface area contributed by atoms with Crippen molar-refractivity contribution in [3.05, 3.63) is 57.8 Å². The molecule has 1 aromatic carbocycles. The monoisotopic (exact) mass is 391 g/mol. The van der Waals surface area contributed by atoms with Gasteiger partial charge in [-0.3, -0.25) is 4.79 Å². The van der Waals surface area contributed by atoms with Gasteiger partial charge in [-0.25, -0.2) is 9.67 Å². The zero-order valence-electron chi connectivity index (χ0n) is 15.3. The van der Waals surface area contributed by atoms with Crippen molar-refractivity contribution in [3.63, 3.8) is 0 Å². The summed E-state index contributed by atoms with van der Waals surface area (Å²) < 4.78 is 40.6. The van der Waals surface area contributed by atoms with Crippen LogP contribution in [-0.2, 0) is 12.6 Å². The summed E-state index contributed by atoms with van der Waals surface area (Å²) in [6.07, 6.45) is -0.831. The van der Waals surface area contributed by atoms with E-state index in [1.165, 1.54) is 12.3 Å². The molecule has 6 nitrogen and oxygen atoms in total. The molecule has 0 saturated carbocycles. The first kappa shape index (κ1) is 18.7. The summed E-state index contributed by atoms with van der Waals surface area (Å²) in [5.74, 6) is 0.322. The number of fused-ring (bicyclic) bond motifs is 1. The summed E-state index contributed by atoms with van der Waals surface area (Å²) in [6, 6.07) is 5.17. The Hall–Kier alpha value is -2.68. The van der Waals surface area contributed by atoms with Crippen molar-refractivity contribution in [2.24, 2.45) is 0 Å². The van der Waals surface area contributed by atoms with Crippen LogP contribution in [0.4, 0.5) is 13.2 Å². The number of piperidine rings is 1. The minimum atomic E-state index is -4.41. The lowest BCUT2D eigenvalue weighted by Gasteiger charge is -2.29. The Morgan fingerprint density at radius 2 is 2.14 bits per heavy atom. The molecule has 0 aliphatic carbocycles. The number of nitrogens with zero attached hydrogens (tertiary/aromatic N) is 4.